The van der Waals surface area contributed by atoms with Crippen LogP contribution in [0.15, 0.2) is 30.5 Å². The minimum absolute atomic E-state index is 0.349. The maximum atomic E-state index is 9.19. The maximum Gasteiger partial charge on any atom is 0.123 e. The highest BCUT2D eigenvalue weighted by atomic mass is 32.1. The van der Waals surface area contributed by atoms with Gasteiger partial charge < -0.3 is 10.4 Å². The van der Waals surface area contributed by atoms with Crippen molar-refractivity contribution in [3.05, 3.63) is 40.9 Å². The fourth-order valence-electron chi connectivity index (χ4n) is 3.01. The number of rotatable bonds is 5. The van der Waals surface area contributed by atoms with Crippen LogP contribution in [0.5, 0.6) is 0 Å². The van der Waals surface area contributed by atoms with Crippen molar-refractivity contribution in [2.24, 2.45) is 5.92 Å². The van der Waals surface area contributed by atoms with E-state index < -0.39 is 0 Å². The molecule has 0 spiro atoms. The third-order valence-electron chi connectivity index (χ3n) is 4.52. The molecule has 0 aliphatic heterocycles. The molecule has 1 fully saturated rings. The van der Waals surface area contributed by atoms with Gasteiger partial charge in [-0.05, 0) is 38.5 Å². The third kappa shape index (κ3) is 3.94. The van der Waals surface area contributed by atoms with E-state index in [0.29, 0.717) is 18.6 Å². The van der Waals surface area contributed by atoms with E-state index >= 15 is 0 Å². The van der Waals surface area contributed by atoms with Crippen LogP contribution >= 0.6 is 11.3 Å². The van der Waals surface area contributed by atoms with Gasteiger partial charge in [0.25, 0.3) is 0 Å². The van der Waals surface area contributed by atoms with E-state index in [2.05, 4.69) is 41.5 Å². The summed E-state index contributed by atoms with van der Waals surface area (Å²) in [7, 11) is 0. The number of benzene rings is 1. The normalized spacial score (nSPS) is 21.9. The van der Waals surface area contributed by atoms with Gasteiger partial charge >= 0.3 is 0 Å². The summed E-state index contributed by atoms with van der Waals surface area (Å²) in [5.74, 6) is 0.523. The van der Waals surface area contributed by atoms with Crippen molar-refractivity contribution in [2.75, 3.05) is 6.61 Å². The topological polar surface area (TPSA) is 45.2 Å². The predicted molar refractivity (Wildman–Crippen MR) is 92.0 cm³/mol. The highest BCUT2D eigenvalue weighted by Crippen LogP contribution is 2.27. The van der Waals surface area contributed by atoms with E-state index in [-0.39, 0.29) is 0 Å². The second-order valence-electron chi connectivity index (χ2n) is 6.28. The Balaban J connectivity index is 1.53. The second-order valence-corrected chi connectivity index (χ2v) is 7.39. The van der Waals surface area contributed by atoms with Crippen molar-refractivity contribution in [1.82, 2.24) is 10.3 Å². The van der Waals surface area contributed by atoms with Gasteiger partial charge in [0.15, 0.2) is 0 Å². The maximum absolute atomic E-state index is 9.19. The van der Waals surface area contributed by atoms with Gasteiger partial charge in [0, 0.05) is 35.8 Å². The van der Waals surface area contributed by atoms with Gasteiger partial charge in [-0.2, -0.15) is 0 Å². The highest BCUT2D eigenvalue weighted by Gasteiger charge is 2.20. The molecule has 0 radical (unpaired) electrons. The lowest BCUT2D eigenvalue weighted by Gasteiger charge is -2.27. The van der Waals surface area contributed by atoms with E-state index in [1.54, 1.807) is 11.3 Å². The summed E-state index contributed by atoms with van der Waals surface area (Å²) in [6, 6.07) is 9.14. The second kappa shape index (κ2) is 7.36. The summed E-state index contributed by atoms with van der Waals surface area (Å²) in [6.07, 6.45) is 6.63. The van der Waals surface area contributed by atoms with Crippen LogP contribution in [0.1, 0.15) is 36.1 Å². The molecule has 0 atom stereocenters. The van der Waals surface area contributed by atoms with Crippen molar-refractivity contribution in [3.8, 4) is 10.6 Å². The molecule has 1 aliphatic rings. The number of nitrogens with one attached hydrogen (secondary N) is 1. The molecular weight excluding hydrogens is 292 g/mol. The molecule has 4 heteroatoms. The minimum atomic E-state index is 0.349. The van der Waals surface area contributed by atoms with Crippen LogP contribution in [0, 0.1) is 12.8 Å². The molecule has 0 amide bonds. The van der Waals surface area contributed by atoms with Gasteiger partial charge in [0.1, 0.15) is 5.01 Å². The van der Waals surface area contributed by atoms with Gasteiger partial charge in [-0.25, -0.2) is 4.98 Å². The van der Waals surface area contributed by atoms with E-state index in [0.717, 1.165) is 24.4 Å². The average molecular weight is 316 g/mol. The molecule has 0 saturated heterocycles. The molecule has 1 saturated carbocycles. The van der Waals surface area contributed by atoms with Gasteiger partial charge in [0.2, 0.25) is 0 Å². The zero-order valence-corrected chi connectivity index (χ0v) is 13.9. The van der Waals surface area contributed by atoms with Crippen LogP contribution < -0.4 is 5.32 Å². The number of aliphatic hydroxyl groups is 1. The molecule has 1 heterocycles. The van der Waals surface area contributed by atoms with E-state index in [9.17, 15) is 5.11 Å². The number of hydrogen-bond acceptors (Lipinski definition) is 4. The number of aryl methyl sites for hydroxylation is 1. The van der Waals surface area contributed by atoms with Gasteiger partial charge in [-0.15, -0.1) is 11.3 Å². The summed E-state index contributed by atoms with van der Waals surface area (Å²) in [4.78, 5) is 5.84. The first-order chi connectivity index (χ1) is 10.7. The smallest absolute Gasteiger partial charge is 0.123 e. The van der Waals surface area contributed by atoms with Gasteiger partial charge in [0.05, 0.1) is 0 Å². The Kier molecular flexibility index (Phi) is 5.24. The number of nitrogens with zero attached hydrogens (tertiary/aromatic N) is 1. The highest BCUT2D eigenvalue weighted by molar-refractivity contribution is 7.15. The van der Waals surface area contributed by atoms with Gasteiger partial charge in [-0.1, -0.05) is 29.8 Å². The third-order valence-corrected chi connectivity index (χ3v) is 5.57. The van der Waals surface area contributed by atoms with Gasteiger partial charge in [-0.3, -0.25) is 0 Å². The lowest BCUT2D eigenvalue weighted by Crippen LogP contribution is -2.33. The molecule has 1 aromatic heterocycles. The fourth-order valence-corrected chi connectivity index (χ4v) is 3.88. The zero-order valence-electron chi connectivity index (χ0n) is 13.1. The lowest BCUT2D eigenvalue weighted by atomic mass is 9.86. The largest absolute Gasteiger partial charge is 0.396 e. The fraction of sp³-hybridized carbons (Fsp3) is 0.500. The molecule has 0 bridgehead atoms. The standard InChI is InChI=1S/C18H24N2OS/c1-13-2-6-15(7-3-13)18-20-11-17(22-18)10-19-16-8-4-14(12-21)5-9-16/h2-3,6-7,11,14,16,19,21H,4-5,8-10,12H2,1H3. The van der Waals surface area contributed by atoms with Crippen LogP contribution in [0.25, 0.3) is 10.6 Å². The first-order valence-corrected chi connectivity index (χ1v) is 8.92. The van der Waals surface area contributed by atoms with Crippen LogP contribution in [-0.4, -0.2) is 22.7 Å². The Morgan fingerprint density at radius 3 is 2.59 bits per heavy atom. The minimum Gasteiger partial charge on any atom is -0.396 e. The van der Waals surface area contributed by atoms with Crippen molar-refractivity contribution in [2.45, 2.75) is 45.2 Å². The molecule has 2 N–H and O–H groups in total. The summed E-state index contributed by atoms with van der Waals surface area (Å²) in [5, 5.41) is 13.9. The summed E-state index contributed by atoms with van der Waals surface area (Å²) >= 11 is 1.77. The molecule has 3 rings (SSSR count). The Bertz CT molecular complexity index is 585. The monoisotopic (exact) mass is 316 g/mol. The van der Waals surface area contributed by atoms with Crippen LogP contribution in [0.4, 0.5) is 0 Å². The van der Waals surface area contributed by atoms with Crippen molar-refractivity contribution >= 4 is 11.3 Å². The first-order valence-electron chi connectivity index (χ1n) is 8.10. The quantitative estimate of drug-likeness (QED) is 0.883. The molecule has 118 valence electrons. The van der Waals surface area contributed by atoms with E-state index in [4.69, 9.17) is 0 Å². The Morgan fingerprint density at radius 2 is 1.91 bits per heavy atom. The molecule has 2 aromatic rings. The van der Waals surface area contributed by atoms with E-state index in [1.807, 2.05) is 6.20 Å². The Labute approximate surface area is 136 Å². The summed E-state index contributed by atoms with van der Waals surface area (Å²) < 4.78 is 0. The molecule has 1 aromatic carbocycles. The average Bonchev–Trinajstić information content (AvgIpc) is 3.03. The van der Waals surface area contributed by atoms with E-state index in [1.165, 1.54) is 28.8 Å². The van der Waals surface area contributed by atoms with Crippen LogP contribution in [0.2, 0.25) is 0 Å². The Morgan fingerprint density at radius 1 is 1.18 bits per heavy atom. The Hall–Kier alpha value is -1.23. The van der Waals surface area contributed by atoms with Crippen molar-refractivity contribution in [3.63, 3.8) is 0 Å². The lowest BCUT2D eigenvalue weighted by molar-refractivity contribution is 0.175. The van der Waals surface area contributed by atoms with Crippen molar-refractivity contribution in [1.29, 1.82) is 0 Å². The summed E-state index contributed by atoms with van der Waals surface area (Å²) in [6.45, 7) is 3.35. The molecule has 3 nitrogen and oxygen atoms in total. The number of hydrogen-bond donors (Lipinski definition) is 2. The zero-order chi connectivity index (χ0) is 15.4. The predicted octanol–water partition coefficient (Wildman–Crippen LogP) is 3.76. The SMILES string of the molecule is Cc1ccc(-c2ncc(CNC3CCC(CO)CC3)s2)cc1. The number of aliphatic hydroxyl groups excluding tert-OH is 1. The molecule has 0 unspecified atom stereocenters. The molecule has 22 heavy (non-hydrogen) atoms. The summed E-state index contributed by atoms with van der Waals surface area (Å²) in [5.41, 5.74) is 2.48. The molecule has 1 aliphatic carbocycles. The van der Waals surface area contributed by atoms with Crippen molar-refractivity contribution < 1.29 is 5.11 Å². The molecular formula is C18H24N2OS. The number of aromatic nitrogens is 1. The van der Waals surface area contributed by atoms with Crippen LogP contribution in [0.3, 0.4) is 0 Å². The number of thiazole rings is 1. The van der Waals surface area contributed by atoms with Crippen LogP contribution in [-0.2, 0) is 6.54 Å². The first kappa shape index (κ1) is 15.7.